The van der Waals surface area contributed by atoms with Crippen molar-refractivity contribution >= 4 is 34.8 Å². The second-order valence-electron chi connectivity index (χ2n) is 5.62. The molecule has 2 aromatic rings. The van der Waals surface area contributed by atoms with Gasteiger partial charge in [0.15, 0.2) is 0 Å². The molecular formula is C20H19ClN2O4. The molecule has 6 nitrogen and oxygen atoms in total. The maximum absolute atomic E-state index is 12.8. The second-order valence-corrected chi connectivity index (χ2v) is 5.99. The number of nitrogens with zero attached hydrogens (tertiary/aromatic N) is 1. The summed E-state index contributed by atoms with van der Waals surface area (Å²) in [5.74, 6) is 0.114. The van der Waals surface area contributed by atoms with Crippen LogP contribution in [0, 0.1) is 0 Å². The minimum absolute atomic E-state index is 0.0164. The second kappa shape index (κ2) is 8.14. The Kier molecular flexibility index (Phi) is 5.66. The lowest BCUT2D eigenvalue weighted by Crippen LogP contribution is -2.32. The molecule has 1 aliphatic heterocycles. The fourth-order valence-electron chi connectivity index (χ4n) is 2.69. The number of carbonyl (C=O) groups excluding carboxylic acids is 2. The molecule has 0 saturated heterocycles. The summed E-state index contributed by atoms with van der Waals surface area (Å²) in [5.41, 5.74) is 0.992. The van der Waals surface area contributed by atoms with Gasteiger partial charge in [0.05, 0.1) is 24.6 Å². The molecular weight excluding hydrogens is 368 g/mol. The average molecular weight is 387 g/mol. The van der Waals surface area contributed by atoms with Gasteiger partial charge < -0.3 is 14.8 Å². The molecule has 140 valence electrons. The van der Waals surface area contributed by atoms with Crippen LogP contribution in [0.3, 0.4) is 0 Å². The van der Waals surface area contributed by atoms with Crippen LogP contribution in [0.25, 0.3) is 0 Å². The van der Waals surface area contributed by atoms with Crippen LogP contribution in [0.5, 0.6) is 11.5 Å². The lowest BCUT2D eigenvalue weighted by atomic mass is 10.2. The third-order valence-corrected chi connectivity index (χ3v) is 4.23. The molecule has 0 fully saturated rings. The summed E-state index contributed by atoms with van der Waals surface area (Å²) in [4.78, 5) is 26.4. The molecule has 0 radical (unpaired) electrons. The summed E-state index contributed by atoms with van der Waals surface area (Å²) < 4.78 is 10.9. The van der Waals surface area contributed by atoms with Gasteiger partial charge in [0.2, 0.25) is 0 Å². The van der Waals surface area contributed by atoms with Crippen molar-refractivity contribution in [2.75, 3.05) is 23.4 Å². The highest BCUT2D eigenvalue weighted by Gasteiger charge is 2.39. The van der Waals surface area contributed by atoms with Crippen molar-refractivity contribution in [1.29, 1.82) is 0 Å². The van der Waals surface area contributed by atoms with E-state index in [1.54, 1.807) is 42.5 Å². The molecule has 1 aliphatic rings. The van der Waals surface area contributed by atoms with E-state index in [2.05, 4.69) is 5.32 Å². The SMILES string of the molecule is CCOc1ccc(N2C(=O)C(Cl)=C(Nc3ccccc3OCC)C2=O)cc1. The Morgan fingerprint density at radius 2 is 1.59 bits per heavy atom. The Balaban J connectivity index is 1.86. The molecule has 7 heteroatoms. The van der Waals surface area contributed by atoms with Gasteiger partial charge in [0, 0.05) is 0 Å². The first-order valence-electron chi connectivity index (χ1n) is 8.57. The summed E-state index contributed by atoms with van der Waals surface area (Å²) >= 11 is 6.17. The van der Waals surface area contributed by atoms with Crippen molar-refractivity contribution in [2.24, 2.45) is 0 Å². The van der Waals surface area contributed by atoms with Crippen LogP contribution in [-0.2, 0) is 9.59 Å². The first kappa shape index (κ1) is 18.8. The van der Waals surface area contributed by atoms with Crippen molar-refractivity contribution in [3.8, 4) is 11.5 Å². The molecule has 2 aromatic carbocycles. The number of para-hydroxylation sites is 2. The van der Waals surface area contributed by atoms with E-state index in [0.29, 0.717) is 36.1 Å². The van der Waals surface area contributed by atoms with Crippen LogP contribution in [0.4, 0.5) is 11.4 Å². The van der Waals surface area contributed by atoms with Gasteiger partial charge in [0.1, 0.15) is 22.2 Å². The third-order valence-electron chi connectivity index (χ3n) is 3.88. The van der Waals surface area contributed by atoms with Gasteiger partial charge in [-0.3, -0.25) is 9.59 Å². The first-order valence-corrected chi connectivity index (χ1v) is 8.94. The normalized spacial score (nSPS) is 14.0. The number of nitrogens with one attached hydrogen (secondary N) is 1. The van der Waals surface area contributed by atoms with E-state index in [9.17, 15) is 9.59 Å². The minimum atomic E-state index is -0.581. The Hall–Kier alpha value is -2.99. The molecule has 0 unspecified atom stereocenters. The van der Waals surface area contributed by atoms with Gasteiger partial charge >= 0.3 is 0 Å². The molecule has 0 saturated carbocycles. The number of benzene rings is 2. The minimum Gasteiger partial charge on any atom is -0.494 e. The largest absolute Gasteiger partial charge is 0.494 e. The van der Waals surface area contributed by atoms with E-state index in [1.807, 2.05) is 19.9 Å². The number of amides is 2. The lowest BCUT2D eigenvalue weighted by molar-refractivity contribution is -0.120. The maximum atomic E-state index is 12.8. The summed E-state index contributed by atoms with van der Waals surface area (Å²) in [6, 6.07) is 13.8. The molecule has 0 bridgehead atoms. The van der Waals surface area contributed by atoms with Crippen molar-refractivity contribution in [3.63, 3.8) is 0 Å². The van der Waals surface area contributed by atoms with Crippen molar-refractivity contribution in [1.82, 2.24) is 0 Å². The van der Waals surface area contributed by atoms with Crippen molar-refractivity contribution < 1.29 is 19.1 Å². The lowest BCUT2D eigenvalue weighted by Gasteiger charge is -2.16. The molecule has 2 amide bonds. The summed E-state index contributed by atoms with van der Waals surface area (Å²) in [6.45, 7) is 4.74. The molecule has 0 aromatic heterocycles. The zero-order valence-electron chi connectivity index (χ0n) is 15.0. The van der Waals surface area contributed by atoms with Crippen LogP contribution >= 0.6 is 11.6 Å². The maximum Gasteiger partial charge on any atom is 0.283 e. The number of anilines is 2. The smallest absolute Gasteiger partial charge is 0.283 e. The number of carbonyl (C=O) groups is 2. The van der Waals surface area contributed by atoms with E-state index in [4.69, 9.17) is 21.1 Å². The molecule has 0 atom stereocenters. The summed E-state index contributed by atoms with van der Waals surface area (Å²) in [6.07, 6.45) is 0. The molecule has 0 spiro atoms. The van der Waals surface area contributed by atoms with Gasteiger partial charge in [0.25, 0.3) is 11.8 Å². The van der Waals surface area contributed by atoms with E-state index in [-0.39, 0.29) is 10.7 Å². The molecule has 27 heavy (non-hydrogen) atoms. The highest BCUT2D eigenvalue weighted by molar-refractivity contribution is 6.53. The molecule has 1 N–H and O–H groups in total. The van der Waals surface area contributed by atoms with Crippen LogP contribution < -0.4 is 19.7 Å². The topological polar surface area (TPSA) is 67.9 Å². The highest BCUT2D eigenvalue weighted by atomic mass is 35.5. The standard InChI is InChI=1S/C20H19ClN2O4/c1-3-26-14-11-9-13(10-12-14)23-19(24)17(21)18(20(23)25)22-15-7-5-6-8-16(15)27-4-2/h5-12,22H,3-4H2,1-2H3. The zero-order chi connectivity index (χ0) is 19.4. The third kappa shape index (κ3) is 3.75. The Bertz CT molecular complexity index is 893. The number of hydrogen-bond donors (Lipinski definition) is 1. The fourth-order valence-corrected chi connectivity index (χ4v) is 2.90. The monoisotopic (exact) mass is 386 g/mol. The van der Waals surface area contributed by atoms with Gasteiger partial charge in [-0.2, -0.15) is 0 Å². The molecule has 1 heterocycles. The number of rotatable bonds is 7. The van der Waals surface area contributed by atoms with E-state index >= 15 is 0 Å². The fraction of sp³-hybridized carbons (Fsp3) is 0.200. The van der Waals surface area contributed by atoms with Gasteiger partial charge in [-0.15, -0.1) is 0 Å². The predicted octanol–water partition coefficient (Wildman–Crippen LogP) is 3.92. The van der Waals surface area contributed by atoms with Crippen molar-refractivity contribution in [3.05, 3.63) is 59.3 Å². The zero-order valence-corrected chi connectivity index (χ0v) is 15.7. The van der Waals surface area contributed by atoms with E-state index in [1.165, 1.54) is 0 Å². The Morgan fingerprint density at radius 1 is 0.926 bits per heavy atom. The Morgan fingerprint density at radius 3 is 2.26 bits per heavy atom. The van der Waals surface area contributed by atoms with Gasteiger partial charge in [-0.05, 0) is 50.2 Å². The molecule has 3 rings (SSSR count). The van der Waals surface area contributed by atoms with Crippen LogP contribution in [0.15, 0.2) is 59.3 Å². The summed E-state index contributed by atoms with van der Waals surface area (Å²) in [7, 11) is 0. The number of ether oxygens (including phenoxy) is 2. The number of halogens is 1. The van der Waals surface area contributed by atoms with Crippen LogP contribution in [0.1, 0.15) is 13.8 Å². The predicted molar refractivity (Wildman–Crippen MR) is 104 cm³/mol. The van der Waals surface area contributed by atoms with Gasteiger partial charge in [-0.25, -0.2) is 4.90 Å². The van der Waals surface area contributed by atoms with Crippen molar-refractivity contribution in [2.45, 2.75) is 13.8 Å². The number of hydrogen-bond acceptors (Lipinski definition) is 5. The number of imide groups is 1. The quantitative estimate of drug-likeness (QED) is 0.730. The van der Waals surface area contributed by atoms with Gasteiger partial charge in [-0.1, -0.05) is 23.7 Å². The molecule has 0 aliphatic carbocycles. The van der Waals surface area contributed by atoms with Crippen LogP contribution in [-0.4, -0.2) is 25.0 Å². The Labute approximate surface area is 162 Å². The van der Waals surface area contributed by atoms with Crippen LogP contribution in [0.2, 0.25) is 0 Å². The van der Waals surface area contributed by atoms with E-state index < -0.39 is 11.8 Å². The summed E-state index contributed by atoms with van der Waals surface area (Å²) in [5, 5.41) is 2.78. The first-order chi connectivity index (χ1) is 13.1. The average Bonchev–Trinajstić information content (AvgIpc) is 2.88. The highest BCUT2D eigenvalue weighted by Crippen LogP contribution is 2.33. The van der Waals surface area contributed by atoms with E-state index in [0.717, 1.165) is 4.90 Å².